The van der Waals surface area contributed by atoms with Crippen molar-refractivity contribution in [1.82, 2.24) is 4.90 Å². The van der Waals surface area contributed by atoms with E-state index in [0.717, 1.165) is 13.1 Å². The van der Waals surface area contributed by atoms with Gasteiger partial charge in [0.2, 0.25) is 5.91 Å². The highest BCUT2D eigenvalue weighted by Gasteiger charge is 2.26. The maximum absolute atomic E-state index is 14.0. The number of thiophene rings is 1. The number of nitrogens with one attached hydrogen (secondary N) is 1. The molecule has 1 aliphatic rings. The number of ether oxygens (including phenoxy) is 2. The zero-order valence-electron chi connectivity index (χ0n) is 14.0. The number of nitrogens with zero attached hydrogens (tertiary/aromatic N) is 1. The lowest BCUT2D eigenvalue weighted by Gasteiger charge is -2.35. The Hall–Kier alpha value is -1.96. The van der Waals surface area contributed by atoms with E-state index < -0.39 is 5.82 Å². The molecule has 0 radical (unpaired) electrons. The first-order valence-electron chi connectivity index (χ1n) is 8.12. The van der Waals surface area contributed by atoms with E-state index in [2.05, 4.69) is 21.7 Å². The number of halogens is 1. The quantitative estimate of drug-likeness (QED) is 0.856. The summed E-state index contributed by atoms with van der Waals surface area (Å²) in [7, 11) is 1.47. The Balaban J connectivity index is 1.60. The van der Waals surface area contributed by atoms with Crippen molar-refractivity contribution in [1.29, 1.82) is 0 Å². The zero-order valence-corrected chi connectivity index (χ0v) is 14.9. The van der Waals surface area contributed by atoms with E-state index in [9.17, 15) is 9.18 Å². The molecule has 134 valence electrons. The van der Waals surface area contributed by atoms with Crippen LogP contribution < -0.4 is 10.1 Å². The van der Waals surface area contributed by atoms with Crippen LogP contribution in [0.25, 0.3) is 0 Å². The smallest absolute Gasteiger partial charge is 0.226 e. The van der Waals surface area contributed by atoms with Crippen LogP contribution in [-0.4, -0.2) is 43.7 Å². The molecule has 1 amide bonds. The molecule has 0 spiro atoms. The standard InChI is InChI=1S/C18H21FN2O3S/c1-23-15-2-3-17(16(19)9-15)20-18(22)8-14-11-24-6-5-21(14)10-13-4-7-25-12-13/h2-4,7,9,12,14H,5-6,8,10-11H2,1H3,(H,20,22)/t14-/m0/s1. The summed E-state index contributed by atoms with van der Waals surface area (Å²) < 4.78 is 24.5. The summed E-state index contributed by atoms with van der Waals surface area (Å²) in [5, 5.41) is 6.79. The molecule has 1 aromatic carbocycles. The molecule has 1 N–H and O–H groups in total. The first-order chi connectivity index (χ1) is 12.2. The average Bonchev–Trinajstić information content (AvgIpc) is 3.11. The van der Waals surface area contributed by atoms with Crippen molar-refractivity contribution in [3.63, 3.8) is 0 Å². The van der Waals surface area contributed by atoms with Gasteiger partial charge in [0.15, 0.2) is 0 Å². The fraction of sp³-hybridized carbons (Fsp3) is 0.389. The number of anilines is 1. The van der Waals surface area contributed by atoms with Gasteiger partial charge < -0.3 is 14.8 Å². The zero-order chi connectivity index (χ0) is 17.6. The van der Waals surface area contributed by atoms with Crippen LogP contribution in [0.1, 0.15) is 12.0 Å². The molecule has 2 heterocycles. The van der Waals surface area contributed by atoms with Crippen molar-refractivity contribution >= 4 is 22.9 Å². The minimum absolute atomic E-state index is 0.0186. The summed E-state index contributed by atoms with van der Waals surface area (Å²) >= 11 is 1.66. The Bertz CT molecular complexity index is 708. The molecule has 1 aromatic heterocycles. The Kier molecular flexibility index (Phi) is 6.01. The van der Waals surface area contributed by atoms with Gasteiger partial charge in [-0.3, -0.25) is 9.69 Å². The molecule has 3 rings (SSSR count). The van der Waals surface area contributed by atoms with Gasteiger partial charge in [-0.25, -0.2) is 4.39 Å². The molecule has 1 saturated heterocycles. The number of morpholine rings is 1. The summed E-state index contributed by atoms with van der Waals surface area (Å²) in [6.07, 6.45) is 0.260. The molecule has 25 heavy (non-hydrogen) atoms. The fourth-order valence-corrected chi connectivity index (χ4v) is 3.50. The van der Waals surface area contributed by atoms with Crippen molar-refractivity contribution in [2.45, 2.75) is 19.0 Å². The Labute approximate surface area is 150 Å². The molecule has 2 aromatic rings. The predicted octanol–water partition coefficient (Wildman–Crippen LogP) is 3.13. The summed E-state index contributed by atoms with van der Waals surface area (Å²) in [5.41, 5.74) is 1.39. The molecule has 0 bridgehead atoms. The topological polar surface area (TPSA) is 50.8 Å². The van der Waals surface area contributed by atoms with Crippen LogP contribution >= 0.6 is 11.3 Å². The van der Waals surface area contributed by atoms with E-state index >= 15 is 0 Å². The lowest BCUT2D eigenvalue weighted by molar-refractivity contribution is -0.119. The number of carbonyl (C=O) groups excluding carboxylic acids is 1. The van der Waals surface area contributed by atoms with Gasteiger partial charge in [0.05, 0.1) is 26.0 Å². The molecule has 1 atom stereocenters. The van der Waals surface area contributed by atoms with Crippen LogP contribution in [0.4, 0.5) is 10.1 Å². The van der Waals surface area contributed by atoms with Gasteiger partial charge in [-0.05, 0) is 34.5 Å². The molecule has 1 aliphatic heterocycles. The molecular weight excluding hydrogens is 343 g/mol. The molecule has 0 unspecified atom stereocenters. The molecule has 7 heteroatoms. The maximum Gasteiger partial charge on any atom is 0.226 e. The minimum atomic E-state index is -0.511. The normalized spacial score (nSPS) is 18.1. The third-order valence-electron chi connectivity index (χ3n) is 4.19. The van der Waals surface area contributed by atoms with E-state index in [1.165, 1.54) is 24.8 Å². The highest BCUT2D eigenvalue weighted by atomic mass is 32.1. The number of amides is 1. The summed E-state index contributed by atoms with van der Waals surface area (Å²) in [4.78, 5) is 14.6. The van der Waals surface area contributed by atoms with Gasteiger partial charge in [-0.2, -0.15) is 11.3 Å². The van der Waals surface area contributed by atoms with Gasteiger partial charge in [-0.1, -0.05) is 0 Å². The second kappa shape index (κ2) is 8.42. The second-order valence-electron chi connectivity index (χ2n) is 5.93. The molecule has 1 fully saturated rings. The van der Waals surface area contributed by atoms with Gasteiger partial charge in [-0.15, -0.1) is 0 Å². The Morgan fingerprint density at radius 3 is 3.08 bits per heavy atom. The number of hydrogen-bond acceptors (Lipinski definition) is 5. The monoisotopic (exact) mass is 364 g/mol. The van der Waals surface area contributed by atoms with Gasteiger partial charge in [0.1, 0.15) is 11.6 Å². The van der Waals surface area contributed by atoms with E-state index in [1.807, 2.05) is 5.38 Å². The van der Waals surface area contributed by atoms with Crippen molar-refractivity contribution in [3.05, 3.63) is 46.4 Å². The lowest BCUT2D eigenvalue weighted by Crippen LogP contribution is -2.46. The molecule has 0 aliphatic carbocycles. The van der Waals surface area contributed by atoms with E-state index in [-0.39, 0.29) is 24.1 Å². The number of methoxy groups -OCH3 is 1. The first kappa shape index (κ1) is 17.8. The lowest BCUT2D eigenvalue weighted by atomic mass is 10.1. The number of carbonyl (C=O) groups is 1. The van der Waals surface area contributed by atoms with Crippen molar-refractivity contribution < 1.29 is 18.7 Å². The van der Waals surface area contributed by atoms with Crippen molar-refractivity contribution in [2.75, 3.05) is 32.2 Å². The molecular formula is C18H21FN2O3S. The van der Waals surface area contributed by atoms with Crippen LogP contribution in [-0.2, 0) is 16.1 Å². The number of rotatable bonds is 6. The van der Waals surface area contributed by atoms with E-state index in [1.54, 1.807) is 17.4 Å². The van der Waals surface area contributed by atoms with Crippen molar-refractivity contribution in [3.8, 4) is 5.75 Å². The van der Waals surface area contributed by atoms with E-state index in [4.69, 9.17) is 9.47 Å². The van der Waals surface area contributed by atoms with Gasteiger partial charge >= 0.3 is 0 Å². The average molecular weight is 364 g/mol. The van der Waals surface area contributed by atoms with Crippen LogP contribution in [0.2, 0.25) is 0 Å². The second-order valence-corrected chi connectivity index (χ2v) is 6.71. The van der Waals surface area contributed by atoms with E-state index in [0.29, 0.717) is 19.0 Å². The van der Waals surface area contributed by atoms with Crippen LogP contribution in [0.3, 0.4) is 0 Å². The number of hydrogen-bond donors (Lipinski definition) is 1. The maximum atomic E-state index is 14.0. The molecule has 0 saturated carbocycles. The van der Waals surface area contributed by atoms with Gasteiger partial charge in [0, 0.05) is 31.6 Å². The summed E-state index contributed by atoms with van der Waals surface area (Å²) in [6.45, 7) is 2.74. The van der Waals surface area contributed by atoms with Gasteiger partial charge in [0.25, 0.3) is 0 Å². The largest absolute Gasteiger partial charge is 0.497 e. The Morgan fingerprint density at radius 2 is 2.36 bits per heavy atom. The highest BCUT2D eigenvalue weighted by molar-refractivity contribution is 7.07. The summed E-state index contributed by atoms with van der Waals surface area (Å²) in [5.74, 6) is -0.323. The number of benzene rings is 1. The third-order valence-corrected chi connectivity index (χ3v) is 4.92. The Morgan fingerprint density at radius 1 is 1.48 bits per heavy atom. The van der Waals surface area contributed by atoms with Crippen molar-refractivity contribution in [2.24, 2.45) is 0 Å². The fourth-order valence-electron chi connectivity index (χ4n) is 2.84. The summed E-state index contributed by atoms with van der Waals surface area (Å²) in [6, 6.07) is 6.44. The predicted molar refractivity (Wildman–Crippen MR) is 95.5 cm³/mol. The SMILES string of the molecule is COc1ccc(NC(=O)C[C@H]2COCCN2Cc2ccsc2)c(F)c1. The van der Waals surface area contributed by atoms with Crippen LogP contribution in [0, 0.1) is 5.82 Å². The van der Waals surface area contributed by atoms with Crippen LogP contribution in [0.15, 0.2) is 35.0 Å². The van der Waals surface area contributed by atoms with Crippen LogP contribution in [0.5, 0.6) is 5.75 Å². The minimum Gasteiger partial charge on any atom is -0.497 e. The molecule has 5 nitrogen and oxygen atoms in total. The first-order valence-corrected chi connectivity index (χ1v) is 9.06. The third kappa shape index (κ3) is 4.78. The highest BCUT2D eigenvalue weighted by Crippen LogP contribution is 2.22.